The van der Waals surface area contributed by atoms with Gasteiger partial charge in [-0.1, -0.05) is 24.3 Å². The lowest BCUT2D eigenvalue weighted by Crippen LogP contribution is -2.49. The Morgan fingerprint density at radius 1 is 1.25 bits per heavy atom. The van der Waals surface area contributed by atoms with Gasteiger partial charge < -0.3 is 20.3 Å². The van der Waals surface area contributed by atoms with E-state index in [9.17, 15) is 9.59 Å². The first-order chi connectivity index (χ1) is 13.6. The Labute approximate surface area is 163 Å². The summed E-state index contributed by atoms with van der Waals surface area (Å²) in [4.78, 5) is 27.3. The van der Waals surface area contributed by atoms with Crippen LogP contribution in [0.1, 0.15) is 24.1 Å². The van der Waals surface area contributed by atoms with Crippen molar-refractivity contribution in [1.82, 2.24) is 25.3 Å². The van der Waals surface area contributed by atoms with Gasteiger partial charge >= 0.3 is 6.03 Å². The van der Waals surface area contributed by atoms with Crippen molar-refractivity contribution >= 4 is 11.9 Å². The molecule has 0 aliphatic carbocycles. The molecule has 1 saturated heterocycles. The van der Waals surface area contributed by atoms with Crippen LogP contribution in [-0.2, 0) is 16.1 Å². The molecule has 0 radical (unpaired) electrons. The first-order valence-corrected chi connectivity index (χ1v) is 9.34. The van der Waals surface area contributed by atoms with Crippen molar-refractivity contribution in [3.8, 4) is 0 Å². The Bertz CT molecular complexity index is 900. The minimum absolute atomic E-state index is 0.0767. The van der Waals surface area contributed by atoms with Crippen molar-refractivity contribution in [2.75, 3.05) is 26.3 Å². The van der Waals surface area contributed by atoms with E-state index in [1.807, 2.05) is 41.2 Å². The summed E-state index contributed by atoms with van der Waals surface area (Å²) in [6, 6.07) is 8.86. The number of rotatable bonds is 4. The van der Waals surface area contributed by atoms with E-state index in [2.05, 4.69) is 15.7 Å². The zero-order valence-electron chi connectivity index (χ0n) is 15.7. The highest BCUT2D eigenvalue weighted by atomic mass is 16.5. The molecule has 0 saturated carbocycles. The summed E-state index contributed by atoms with van der Waals surface area (Å²) in [6.07, 6.45) is 3.62. The first-order valence-electron chi connectivity index (χ1n) is 9.34. The number of nitrogens with one attached hydrogen (secondary N) is 2. The number of nitrogens with zero attached hydrogens (tertiary/aromatic N) is 3. The number of allylic oxidation sites excluding steroid dienone is 1. The van der Waals surface area contributed by atoms with Gasteiger partial charge in [-0.15, -0.1) is 0 Å². The van der Waals surface area contributed by atoms with Gasteiger partial charge in [0.05, 0.1) is 31.4 Å². The lowest BCUT2D eigenvalue weighted by atomic mass is 9.91. The van der Waals surface area contributed by atoms with Gasteiger partial charge in [0.2, 0.25) is 0 Å². The predicted octanol–water partition coefficient (Wildman–Crippen LogP) is 1.42. The van der Waals surface area contributed by atoms with Crippen LogP contribution < -0.4 is 10.6 Å². The molecule has 2 aliphatic rings. The highest BCUT2D eigenvalue weighted by Gasteiger charge is 2.35. The van der Waals surface area contributed by atoms with Crippen molar-refractivity contribution in [1.29, 1.82) is 0 Å². The van der Waals surface area contributed by atoms with Crippen molar-refractivity contribution in [3.05, 3.63) is 65.1 Å². The number of aromatic nitrogens is 2. The van der Waals surface area contributed by atoms with E-state index < -0.39 is 6.04 Å². The molecule has 1 aromatic heterocycles. The fourth-order valence-corrected chi connectivity index (χ4v) is 3.68. The average molecular weight is 381 g/mol. The number of benzene rings is 1. The molecule has 3 amide bonds. The summed E-state index contributed by atoms with van der Waals surface area (Å²) >= 11 is 0. The Morgan fingerprint density at radius 2 is 2.04 bits per heavy atom. The van der Waals surface area contributed by atoms with Crippen LogP contribution in [0.4, 0.5) is 4.79 Å². The zero-order valence-corrected chi connectivity index (χ0v) is 15.7. The lowest BCUT2D eigenvalue weighted by molar-refractivity contribution is -0.131. The van der Waals surface area contributed by atoms with Gasteiger partial charge in [0.1, 0.15) is 0 Å². The molecule has 0 unspecified atom stereocenters. The number of amides is 3. The van der Waals surface area contributed by atoms with E-state index in [1.165, 1.54) is 0 Å². The van der Waals surface area contributed by atoms with E-state index in [4.69, 9.17) is 4.74 Å². The number of hydrogen-bond donors (Lipinski definition) is 2. The van der Waals surface area contributed by atoms with Gasteiger partial charge in [-0.3, -0.25) is 9.48 Å². The fourth-order valence-electron chi connectivity index (χ4n) is 3.68. The van der Waals surface area contributed by atoms with E-state index >= 15 is 0 Å². The number of hydrogen-bond acceptors (Lipinski definition) is 4. The molecule has 4 rings (SSSR count). The maximum atomic E-state index is 13.3. The molecule has 2 aliphatic heterocycles. The van der Waals surface area contributed by atoms with Crippen LogP contribution in [0.25, 0.3) is 0 Å². The van der Waals surface area contributed by atoms with Crippen molar-refractivity contribution in [3.63, 3.8) is 0 Å². The van der Waals surface area contributed by atoms with Crippen LogP contribution in [0, 0.1) is 0 Å². The number of carbonyl (C=O) groups excluding carboxylic acids is 2. The summed E-state index contributed by atoms with van der Waals surface area (Å²) in [6.45, 7) is 4.48. The molecule has 1 atom stereocenters. The van der Waals surface area contributed by atoms with E-state index in [-0.39, 0.29) is 11.9 Å². The van der Waals surface area contributed by atoms with Gasteiger partial charge in [0.25, 0.3) is 5.91 Å². The monoisotopic (exact) mass is 381 g/mol. The molecule has 146 valence electrons. The fraction of sp³-hybridized carbons (Fsp3) is 0.350. The maximum Gasteiger partial charge on any atom is 0.319 e. The highest BCUT2D eigenvalue weighted by Crippen LogP contribution is 2.31. The Morgan fingerprint density at radius 3 is 2.79 bits per heavy atom. The Kier molecular flexibility index (Phi) is 5.12. The quantitative estimate of drug-likeness (QED) is 0.838. The number of morpholine rings is 1. The summed E-state index contributed by atoms with van der Waals surface area (Å²) < 4.78 is 7.19. The largest absolute Gasteiger partial charge is 0.378 e. The normalized spacial score (nSPS) is 20.0. The molecule has 3 heterocycles. The number of ether oxygens (including phenoxy) is 1. The lowest BCUT2D eigenvalue weighted by Gasteiger charge is -2.34. The van der Waals surface area contributed by atoms with Crippen LogP contribution in [0.3, 0.4) is 0 Å². The number of urea groups is 1. The van der Waals surface area contributed by atoms with Crippen LogP contribution in [0.2, 0.25) is 0 Å². The van der Waals surface area contributed by atoms with Crippen molar-refractivity contribution in [2.24, 2.45) is 0 Å². The van der Waals surface area contributed by atoms with Gasteiger partial charge in [0, 0.05) is 31.2 Å². The summed E-state index contributed by atoms with van der Waals surface area (Å²) in [7, 11) is 0. The van der Waals surface area contributed by atoms with Crippen molar-refractivity contribution < 1.29 is 14.3 Å². The molecule has 2 N–H and O–H groups in total. The van der Waals surface area contributed by atoms with E-state index in [0.717, 1.165) is 11.1 Å². The molecule has 0 spiro atoms. The van der Waals surface area contributed by atoms with Gasteiger partial charge in [-0.05, 0) is 24.1 Å². The summed E-state index contributed by atoms with van der Waals surface area (Å²) in [5, 5.41) is 9.96. The second-order valence-corrected chi connectivity index (χ2v) is 6.88. The van der Waals surface area contributed by atoms with Crippen LogP contribution in [0.5, 0.6) is 0 Å². The minimum atomic E-state index is -0.518. The molecule has 8 heteroatoms. The molecular formula is C20H23N5O3. The van der Waals surface area contributed by atoms with Crippen LogP contribution in [-0.4, -0.2) is 52.9 Å². The highest BCUT2D eigenvalue weighted by molar-refractivity contribution is 5.98. The van der Waals surface area contributed by atoms with Crippen molar-refractivity contribution in [2.45, 2.75) is 19.5 Å². The third-order valence-corrected chi connectivity index (χ3v) is 5.06. The third-order valence-electron chi connectivity index (χ3n) is 5.06. The molecule has 8 nitrogen and oxygen atoms in total. The average Bonchev–Trinajstić information content (AvgIpc) is 3.21. The maximum absolute atomic E-state index is 13.3. The third kappa shape index (κ3) is 3.63. The SMILES string of the molecule is CC1=C(C(=O)N2CCOCC2)[C@H](c2ccccc2Cn2cccn2)NC(=O)N1. The Balaban J connectivity index is 1.71. The van der Waals surface area contributed by atoms with Gasteiger partial charge in [-0.25, -0.2) is 4.79 Å². The molecule has 0 bridgehead atoms. The molecule has 28 heavy (non-hydrogen) atoms. The standard InChI is InChI=1S/C20H23N5O3/c1-14-17(19(26)24-9-11-28-12-10-24)18(23-20(27)22-14)16-6-3-2-5-15(16)13-25-8-4-7-21-25/h2-8,18H,9-13H2,1H3,(H2,22,23,27)/t18-/m0/s1. The van der Waals surface area contributed by atoms with Gasteiger partial charge in [0.15, 0.2) is 0 Å². The molecule has 1 aromatic carbocycles. The second kappa shape index (κ2) is 7.85. The Hall–Kier alpha value is -3.13. The first kappa shape index (κ1) is 18.2. The van der Waals surface area contributed by atoms with E-state index in [1.54, 1.807) is 18.0 Å². The smallest absolute Gasteiger partial charge is 0.319 e. The topological polar surface area (TPSA) is 88.5 Å². The summed E-state index contributed by atoms with van der Waals surface area (Å²) in [5.41, 5.74) is 3.04. The predicted molar refractivity (Wildman–Crippen MR) is 102 cm³/mol. The molecular weight excluding hydrogens is 358 g/mol. The number of carbonyl (C=O) groups is 2. The second-order valence-electron chi connectivity index (χ2n) is 6.88. The van der Waals surface area contributed by atoms with Crippen LogP contribution >= 0.6 is 0 Å². The molecule has 2 aromatic rings. The zero-order chi connectivity index (χ0) is 19.5. The minimum Gasteiger partial charge on any atom is -0.378 e. The van der Waals surface area contributed by atoms with Gasteiger partial charge in [-0.2, -0.15) is 5.10 Å². The van der Waals surface area contributed by atoms with E-state index in [0.29, 0.717) is 44.1 Å². The summed E-state index contributed by atoms with van der Waals surface area (Å²) in [5.74, 6) is -0.0767. The molecule has 1 fully saturated rings. The van der Waals surface area contributed by atoms with Crippen LogP contribution in [0.15, 0.2) is 54.0 Å².